The first kappa shape index (κ1) is 9.67. The van der Waals surface area contributed by atoms with Crippen molar-refractivity contribution in [3.05, 3.63) is 49.8 Å². The average molecular weight is 226 g/mol. The third-order valence-corrected chi connectivity index (χ3v) is 2.19. The average Bonchev–Trinajstić information content (AvgIpc) is 2.18. The lowest BCUT2D eigenvalue weighted by atomic mass is 10.2. The Kier molecular flexibility index (Phi) is 2.17. The highest BCUT2D eigenvalue weighted by molar-refractivity contribution is 6.34. The van der Waals surface area contributed by atoms with Gasteiger partial charge in [0.2, 0.25) is 0 Å². The Bertz CT molecular complexity index is 605. The van der Waals surface area contributed by atoms with E-state index in [2.05, 4.69) is 0 Å². The van der Waals surface area contributed by atoms with Crippen LogP contribution in [0.5, 0.6) is 0 Å². The largest absolute Gasteiger partial charge is 0.416 e. The third kappa shape index (κ3) is 1.57. The van der Waals surface area contributed by atoms with Crippen LogP contribution in [0.2, 0.25) is 5.02 Å². The van der Waals surface area contributed by atoms with Gasteiger partial charge < -0.3 is 4.42 Å². The number of nitrogens with zero attached hydrogens (tertiary/aromatic N) is 1. The van der Waals surface area contributed by atoms with E-state index in [1.165, 1.54) is 0 Å². The van der Waals surface area contributed by atoms with Gasteiger partial charge in [0, 0.05) is 11.5 Å². The molecule has 0 bridgehead atoms. The molecule has 0 unspecified atom stereocenters. The fraction of sp³-hybridized carbons (Fsp3) is 0. The molecule has 15 heavy (non-hydrogen) atoms. The minimum atomic E-state index is -0.999. The number of hydrogen-bond acceptors (Lipinski definition) is 4. The summed E-state index contributed by atoms with van der Waals surface area (Å²) >= 11 is 5.76. The maximum Gasteiger partial charge on any atom is 0.415 e. The van der Waals surface area contributed by atoms with E-state index in [0.717, 1.165) is 6.07 Å². The van der Waals surface area contributed by atoms with Crippen LogP contribution >= 0.6 is 11.6 Å². The first-order chi connectivity index (χ1) is 7.09. The number of rotatable bonds is 1. The molecule has 0 aliphatic carbocycles. The standard InChI is InChI=1S/C9H4ClNO4/c10-6-3-1-2-5-4-7(11(13)14)9(12)15-8(5)6/h1-4H. The van der Waals surface area contributed by atoms with E-state index < -0.39 is 16.2 Å². The molecule has 0 spiro atoms. The molecule has 0 saturated heterocycles. The van der Waals surface area contributed by atoms with E-state index in [4.69, 9.17) is 16.0 Å². The number of benzene rings is 1. The van der Waals surface area contributed by atoms with Crippen LogP contribution in [0.25, 0.3) is 11.0 Å². The second kappa shape index (κ2) is 3.36. The first-order valence-electron chi connectivity index (χ1n) is 3.96. The Hall–Kier alpha value is -1.88. The van der Waals surface area contributed by atoms with Gasteiger partial charge in [-0.2, -0.15) is 0 Å². The summed E-state index contributed by atoms with van der Waals surface area (Å²) in [6.45, 7) is 0. The number of para-hydroxylation sites is 1. The van der Waals surface area contributed by atoms with Crippen LogP contribution in [0.4, 0.5) is 5.69 Å². The minimum Gasteiger partial charge on any atom is -0.416 e. The van der Waals surface area contributed by atoms with Crippen molar-refractivity contribution in [1.29, 1.82) is 0 Å². The van der Waals surface area contributed by atoms with Gasteiger partial charge in [-0.1, -0.05) is 23.7 Å². The second-order valence-electron chi connectivity index (χ2n) is 2.83. The van der Waals surface area contributed by atoms with Crippen LogP contribution in [0.3, 0.4) is 0 Å². The molecule has 2 rings (SSSR count). The van der Waals surface area contributed by atoms with Gasteiger partial charge in [0.15, 0.2) is 5.58 Å². The summed E-state index contributed by atoms with van der Waals surface area (Å²) in [7, 11) is 0. The van der Waals surface area contributed by atoms with Crippen molar-refractivity contribution >= 4 is 28.3 Å². The molecule has 2 aromatic rings. The predicted octanol–water partition coefficient (Wildman–Crippen LogP) is 2.35. The van der Waals surface area contributed by atoms with E-state index in [9.17, 15) is 14.9 Å². The molecule has 1 aromatic heterocycles. The molecule has 0 atom stereocenters. The van der Waals surface area contributed by atoms with Gasteiger partial charge in [-0.25, -0.2) is 4.79 Å². The van der Waals surface area contributed by atoms with Crippen molar-refractivity contribution in [3.8, 4) is 0 Å². The molecule has 0 N–H and O–H groups in total. The van der Waals surface area contributed by atoms with Gasteiger partial charge in [-0.3, -0.25) is 10.1 Å². The molecule has 1 aromatic carbocycles. The molecule has 1 heterocycles. The molecule has 0 aliphatic rings. The monoisotopic (exact) mass is 225 g/mol. The summed E-state index contributed by atoms with van der Waals surface area (Å²) in [4.78, 5) is 20.8. The van der Waals surface area contributed by atoms with Crippen molar-refractivity contribution in [2.24, 2.45) is 0 Å². The van der Waals surface area contributed by atoms with Crippen LogP contribution in [-0.2, 0) is 0 Å². The van der Waals surface area contributed by atoms with E-state index in [1.54, 1.807) is 18.2 Å². The second-order valence-corrected chi connectivity index (χ2v) is 3.24. The molecule has 0 fully saturated rings. The molecule has 0 aliphatic heterocycles. The Morgan fingerprint density at radius 2 is 2.13 bits per heavy atom. The summed E-state index contributed by atoms with van der Waals surface area (Å²) in [6.07, 6.45) is 0. The van der Waals surface area contributed by atoms with Crippen LogP contribution in [-0.4, -0.2) is 4.92 Å². The summed E-state index contributed by atoms with van der Waals surface area (Å²) < 4.78 is 4.76. The Labute approximate surface area is 88.0 Å². The van der Waals surface area contributed by atoms with Gasteiger partial charge >= 0.3 is 11.3 Å². The lowest BCUT2D eigenvalue weighted by molar-refractivity contribution is -0.387. The lowest BCUT2D eigenvalue weighted by Crippen LogP contribution is -2.06. The number of nitro groups is 1. The van der Waals surface area contributed by atoms with Crippen molar-refractivity contribution in [2.75, 3.05) is 0 Å². The van der Waals surface area contributed by atoms with Crippen molar-refractivity contribution in [2.45, 2.75) is 0 Å². The van der Waals surface area contributed by atoms with Crippen molar-refractivity contribution in [3.63, 3.8) is 0 Å². The number of halogens is 1. The van der Waals surface area contributed by atoms with Gasteiger partial charge in [0.05, 0.1) is 9.95 Å². The van der Waals surface area contributed by atoms with Gasteiger partial charge in [-0.15, -0.1) is 0 Å². The summed E-state index contributed by atoms with van der Waals surface area (Å²) in [6, 6.07) is 5.89. The zero-order valence-electron chi connectivity index (χ0n) is 7.27. The van der Waals surface area contributed by atoms with Gasteiger partial charge in [0.25, 0.3) is 0 Å². The zero-order chi connectivity index (χ0) is 11.0. The van der Waals surface area contributed by atoms with Gasteiger partial charge in [-0.05, 0) is 6.07 Å². The fourth-order valence-electron chi connectivity index (χ4n) is 1.23. The zero-order valence-corrected chi connectivity index (χ0v) is 8.02. The molecule has 0 saturated carbocycles. The smallest absolute Gasteiger partial charge is 0.415 e. The molecule has 0 amide bonds. The SMILES string of the molecule is O=c1oc2c(Cl)cccc2cc1[N+](=O)[O-]. The van der Waals surface area contributed by atoms with E-state index in [-0.39, 0.29) is 10.6 Å². The molecule has 6 heteroatoms. The highest BCUT2D eigenvalue weighted by Gasteiger charge is 2.16. The Morgan fingerprint density at radius 1 is 1.40 bits per heavy atom. The normalized spacial score (nSPS) is 10.5. The van der Waals surface area contributed by atoms with Crippen molar-refractivity contribution < 1.29 is 9.34 Å². The highest BCUT2D eigenvalue weighted by atomic mass is 35.5. The van der Waals surface area contributed by atoms with Crippen LogP contribution in [0.15, 0.2) is 33.5 Å². The predicted molar refractivity (Wildman–Crippen MR) is 54.1 cm³/mol. The van der Waals surface area contributed by atoms with E-state index >= 15 is 0 Å². The lowest BCUT2D eigenvalue weighted by Gasteiger charge is -1.97. The molecule has 0 radical (unpaired) electrons. The molecular weight excluding hydrogens is 222 g/mol. The van der Waals surface area contributed by atoms with Crippen molar-refractivity contribution in [1.82, 2.24) is 0 Å². The molecule has 5 nitrogen and oxygen atoms in total. The van der Waals surface area contributed by atoms with Crippen LogP contribution in [0.1, 0.15) is 0 Å². The maximum absolute atomic E-state index is 11.2. The number of hydrogen-bond donors (Lipinski definition) is 0. The first-order valence-corrected chi connectivity index (χ1v) is 4.34. The van der Waals surface area contributed by atoms with E-state index in [0.29, 0.717) is 5.39 Å². The molecule has 76 valence electrons. The number of fused-ring (bicyclic) bond motifs is 1. The Morgan fingerprint density at radius 3 is 2.80 bits per heavy atom. The third-order valence-electron chi connectivity index (χ3n) is 1.89. The summed E-state index contributed by atoms with van der Waals surface area (Å²) in [5.41, 5.74) is -1.43. The summed E-state index contributed by atoms with van der Waals surface area (Å²) in [5, 5.41) is 11.1. The quantitative estimate of drug-likeness (QED) is 0.424. The fourth-order valence-corrected chi connectivity index (χ4v) is 1.45. The minimum absolute atomic E-state index is 0.162. The van der Waals surface area contributed by atoms with E-state index in [1.807, 2.05) is 0 Å². The maximum atomic E-state index is 11.2. The Balaban J connectivity index is 2.88. The highest BCUT2D eigenvalue weighted by Crippen LogP contribution is 2.23. The molecular formula is C9H4ClNO4. The van der Waals surface area contributed by atoms with Gasteiger partial charge in [0.1, 0.15) is 0 Å². The topological polar surface area (TPSA) is 73.3 Å². The summed E-state index contributed by atoms with van der Waals surface area (Å²) in [5.74, 6) is 0. The van der Waals surface area contributed by atoms with Crippen LogP contribution in [0, 0.1) is 10.1 Å². The van der Waals surface area contributed by atoms with Crippen LogP contribution < -0.4 is 5.63 Å².